The van der Waals surface area contributed by atoms with E-state index in [1.165, 1.54) is 0 Å². The molecule has 9 nitrogen and oxygen atoms in total. The van der Waals surface area contributed by atoms with Crippen LogP contribution in [-0.2, 0) is 6.54 Å². The normalized spacial score (nSPS) is 18.9. The Kier molecular flexibility index (Phi) is 9.58. The fourth-order valence-corrected chi connectivity index (χ4v) is 7.22. The number of anilines is 2. The molecular weight excluding hydrogens is 683 g/mol. The number of carbonyl (C=O) groups is 1. The lowest BCUT2D eigenvalue weighted by Crippen LogP contribution is -2.47. The van der Waals surface area contributed by atoms with Crippen LogP contribution >= 0.6 is 22.6 Å². The maximum Gasteiger partial charge on any atom is 0.262 e. The van der Waals surface area contributed by atoms with E-state index in [-0.39, 0.29) is 18.0 Å². The number of hydrogen-bond donors (Lipinski definition) is 1. The van der Waals surface area contributed by atoms with Crippen molar-refractivity contribution in [1.29, 1.82) is 0 Å². The predicted molar refractivity (Wildman–Crippen MR) is 185 cm³/mol. The topological polar surface area (TPSA) is 91.0 Å². The van der Waals surface area contributed by atoms with E-state index in [0.29, 0.717) is 36.0 Å². The van der Waals surface area contributed by atoms with E-state index in [0.717, 1.165) is 88.1 Å². The molecule has 1 aromatic heterocycles. The van der Waals surface area contributed by atoms with E-state index >= 15 is 0 Å². The Morgan fingerprint density at radius 3 is 2.67 bits per heavy atom. The number of fused-ring (bicyclic) bond motifs is 3. The number of halogens is 1. The Labute approximate surface area is 278 Å². The lowest BCUT2D eigenvalue weighted by Gasteiger charge is -2.36. The van der Waals surface area contributed by atoms with E-state index in [1.807, 2.05) is 55.3 Å². The third-order valence-electron chi connectivity index (χ3n) is 8.86. The Bertz CT molecular complexity index is 1630. The fraction of sp³-hybridized carbons (Fsp3) is 0.429. The number of aryl methyl sites for hydroxylation is 1. The third kappa shape index (κ3) is 6.66. The molecule has 3 heterocycles. The monoisotopic (exact) mass is 724 g/mol. The van der Waals surface area contributed by atoms with Crippen molar-refractivity contribution in [1.82, 2.24) is 4.57 Å². The second kappa shape index (κ2) is 13.8. The van der Waals surface area contributed by atoms with E-state index in [4.69, 9.17) is 14.2 Å². The van der Waals surface area contributed by atoms with Gasteiger partial charge in [-0.3, -0.25) is 9.69 Å². The average Bonchev–Trinajstić information content (AvgIpc) is 3.27. The largest absolute Gasteiger partial charge is 0.618 e. The SMILES string of the molecule is COc1c(OCCCCCCOc2ccc3c(c2)C(=O)N(c2ccc(I)cc2C)C(C)N3)cn2c1C=[N+]([O-])C1=CCCC[C@H]1C2. The number of carbonyl (C=O) groups excluding carboxylic acids is 1. The number of methoxy groups -OCH3 is 1. The highest BCUT2D eigenvalue weighted by Gasteiger charge is 2.33. The van der Waals surface area contributed by atoms with Gasteiger partial charge in [0, 0.05) is 21.5 Å². The summed E-state index contributed by atoms with van der Waals surface area (Å²) in [7, 11) is 1.62. The van der Waals surface area contributed by atoms with Crippen LogP contribution in [0.2, 0.25) is 0 Å². The number of rotatable bonds is 11. The number of ether oxygens (including phenoxy) is 3. The van der Waals surface area contributed by atoms with Gasteiger partial charge in [-0.05, 0) is 129 Å². The number of nitrogens with one attached hydrogen (secondary N) is 1. The molecular formula is C35H41IN4O5. The Hall–Kier alpha value is -3.67. The Morgan fingerprint density at radius 2 is 1.89 bits per heavy atom. The molecule has 1 unspecified atom stereocenters. The molecule has 3 aliphatic rings. The molecule has 1 N–H and O–H groups in total. The zero-order valence-corrected chi connectivity index (χ0v) is 28.3. The van der Waals surface area contributed by atoms with Crippen LogP contribution in [-0.4, -0.2) is 47.9 Å². The molecule has 0 fully saturated rings. The summed E-state index contributed by atoms with van der Waals surface area (Å²) >= 11 is 2.29. The highest BCUT2D eigenvalue weighted by molar-refractivity contribution is 14.1. The summed E-state index contributed by atoms with van der Waals surface area (Å²) in [6, 6.07) is 11.8. The van der Waals surface area contributed by atoms with Crippen LogP contribution in [0.25, 0.3) is 0 Å². The molecule has 1 aliphatic carbocycles. The summed E-state index contributed by atoms with van der Waals surface area (Å²) in [6.07, 6.45) is 12.4. The summed E-state index contributed by atoms with van der Waals surface area (Å²) in [6.45, 7) is 5.95. The lowest BCUT2D eigenvalue weighted by atomic mass is 9.92. The molecule has 0 spiro atoms. The van der Waals surface area contributed by atoms with Crippen molar-refractivity contribution in [2.45, 2.75) is 71.5 Å². The van der Waals surface area contributed by atoms with Crippen molar-refractivity contribution in [2.24, 2.45) is 5.92 Å². The molecule has 1 amide bonds. The Balaban J connectivity index is 0.969. The quantitative estimate of drug-likeness (QED) is 0.0956. The van der Waals surface area contributed by atoms with E-state index < -0.39 is 0 Å². The fourth-order valence-electron chi connectivity index (χ4n) is 6.57. The first-order valence-electron chi connectivity index (χ1n) is 15.9. The second-order valence-corrected chi connectivity index (χ2v) is 13.3. The first-order valence-corrected chi connectivity index (χ1v) is 17.0. The molecule has 6 rings (SSSR count). The van der Waals surface area contributed by atoms with Gasteiger partial charge in [-0.2, -0.15) is 4.74 Å². The van der Waals surface area contributed by atoms with Gasteiger partial charge in [-0.15, -0.1) is 0 Å². The van der Waals surface area contributed by atoms with Gasteiger partial charge in [-0.1, -0.05) is 0 Å². The predicted octanol–water partition coefficient (Wildman–Crippen LogP) is 7.47. The van der Waals surface area contributed by atoms with Gasteiger partial charge >= 0.3 is 0 Å². The van der Waals surface area contributed by atoms with Gasteiger partial charge in [0.05, 0.1) is 38.0 Å². The van der Waals surface area contributed by atoms with Crippen LogP contribution in [0, 0.1) is 21.6 Å². The van der Waals surface area contributed by atoms with Crippen molar-refractivity contribution >= 4 is 46.1 Å². The van der Waals surface area contributed by atoms with Crippen molar-refractivity contribution < 1.29 is 23.7 Å². The molecule has 2 aromatic carbocycles. The highest BCUT2D eigenvalue weighted by Crippen LogP contribution is 2.38. The van der Waals surface area contributed by atoms with Gasteiger partial charge in [0.2, 0.25) is 6.21 Å². The number of allylic oxidation sites excluding steroid dienone is 2. The summed E-state index contributed by atoms with van der Waals surface area (Å²) in [5.74, 6) is 2.20. The number of hydrogen-bond acceptors (Lipinski definition) is 6. The van der Waals surface area contributed by atoms with Gasteiger partial charge in [0.15, 0.2) is 22.9 Å². The minimum absolute atomic E-state index is 0.0268. The van der Waals surface area contributed by atoms with Gasteiger partial charge in [0.25, 0.3) is 5.91 Å². The minimum atomic E-state index is -0.155. The molecule has 238 valence electrons. The minimum Gasteiger partial charge on any atom is -0.618 e. The standard InChI is InChI=1S/C35H41IN4O5/c1-23-18-26(36)12-15-30(23)40-24(2)37-29-14-13-27(19-28(29)35(40)41)44-16-8-4-5-9-17-45-33-22-38-20-25-10-6-7-11-31(25)39(42)21-32(38)34(33)43-3/h11-15,18-19,21-22,24-25,37H,4-10,16-17,20H2,1-3H3/t24?,25-/m0/s1. The summed E-state index contributed by atoms with van der Waals surface area (Å²) in [4.78, 5) is 15.4. The molecule has 0 radical (unpaired) electrons. The van der Waals surface area contributed by atoms with E-state index in [2.05, 4.69) is 44.6 Å². The third-order valence-corrected chi connectivity index (χ3v) is 9.53. The molecule has 2 aliphatic heterocycles. The number of hydroxylamine groups is 1. The molecule has 0 saturated carbocycles. The van der Waals surface area contributed by atoms with Crippen LogP contribution < -0.4 is 24.4 Å². The zero-order valence-electron chi connectivity index (χ0n) is 26.2. The number of benzene rings is 2. The summed E-state index contributed by atoms with van der Waals surface area (Å²) < 4.78 is 22.1. The first-order chi connectivity index (χ1) is 21.8. The lowest BCUT2D eigenvalue weighted by molar-refractivity contribution is -0.406. The van der Waals surface area contributed by atoms with Crippen molar-refractivity contribution in [3.63, 3.8) is 0 Å². The van der Waals surface area contributed by atoms with E-state index in [1.54, 1.807) is 13.3 Å². The van der Waals surface area contributed by atoms with Crippen LogP contribution in [0.3, 0.4) is 0 Å². The van der Waals surface area contributed by atoms with Crippen molar-refractivity contribution in [2.75, 3.05) is 30.5 Å². The molecule has 45 heavy (non-hydrogen) atoms. The van der Waals surface area contributed by atoms with Crippen LogP contribution in [0.15, 0.2) is 54.4 Å². The smallest absolute Gasteiger partial charge is 0.262 e. The average molecular weight is 725 g/mol. The maximum atomic E-state index is 13.6. The molecule has 10 heteroatoms. The van der Waals surface area contributed by atoms with Crippen LogP contribution in [0.1, 0.15) is 73.5 Å². The molecule has 2 atom stereocenters. The maximum absolute atomic E-state index is 13.6. The van der Waals surface area contributed by atoms with Gasteiger partial charge in [0.1, 0.15) is 11.9 Å². The molecule has 0 saturated heterocycles. The summed E-state index contributed by atoms with van der Waals surface area (Å²) in [5.41, 5.74) is 5.06. The summed E-state index contributed by atoms with van der Waals surface area (Å²) in [5, 5.41) is 16.3. The second-order valence-electron chi connectivity index (χ2n) is 12.0. The van der Waals surface area contributed by atoms with Gasteiger partial charge in [-0.25, -0.2) is 0 Å². The van der Waals surface area contributed by atoms with Gasteiger partial charge < -0.3 is 29.3 Å². The molecule has 0 bridgehead atoms. The number of amides is 1. The number of aromatic nitrogens is 1. The van der Waals surface area contributed by atoms with Crippen LogP contribution in [0.5, 0.6) is 17.2 Å². The highest BCUT2D eigenvalue weighted by atomic mass is 127. The zero-order chi connectivity index (χ0) is 31.5. The van der Waals surface area contributed by atoms with Crippen LogP contribution in [0.4, 0.5) is 11.4 Å². The molecule has 3 aromatic rings. The Morgan fingerprint density at radius 1 is 1.09 bits per heavy atom. The van der Waals surface area contributed by atoms with Crippen molar-refractivity contribution in [3.8, 4) is 17.2 Å². The number of unbranched alkanes of at least 4 members (excludes halogenated alkanes) is 3. The number of nitrogens with zero attached hydrogens (tertiary/aromatic N) is 3. The van der Waals surface area contributed by atoms with E-state index in [9.17, 15) is 10.0 Å². The first kappa shape index (κ1) is 31.3. The van der Waals surface area contributed by atoms with Crippen molar-refractivity contribution in [3.05, 3.63) is 80.0 Å².